The highest BCUT2D eigenvalue weighted by molar-refractivity contribution is 5.76. The van der Waals surface area contributed by atoms with Crippen LogP contribution in [0.3, 0.4) is 0 Å². The van der Waals surface area contributed by atoms with Gasteiger partial charge in [0.15, 0.2) is 12.6 Å². The van der Waals surface area contributed by atoms with Gasteiger partial charge in [-0.2, -0.15) is 0 Å². The number of hydrogen-bond donors (Lipinski definition) is 9. The van der Waals surface area contributed by atoms with Crippen molar-refractivity contribution in [2.75, 3.05) is 19.8 Å². The summed E-state index contributed by atoms with van der Waals surface area (Å²) < 4.78 is 22.5. The number of aliphatic hydroxyl groups excluding tert-OH is 8. The number of nitrogens with one attached hydrogen (secondary N) is 1. The fraction of sp³-hybridized carbons (Fsp3) is 0.667. The zero-order valence-corrected chi connectivity index (χ0v) is 38.9. The minimum atomic E-state index is -1.79. The van der Waals surface area contributed by atoms with Crippen LogP contribution >= 0.6 is 0 Å². The van der Waals surface area contributed by atoms with Crippen molar-refractivity contribution in [1.29, 1.82) is 0 Å². The van der Waals surface area contributed by atoms with Crippen molar-refractivity contribution in [3.8, 4) is 0 Å². The van der Waals surface area contributed by atoms with E-state index in [1.807, 2.05) is 0 Å². The molecule has 2 fully saturated rings. The normalized spacial score (nSPS) is 27.9. The molecule has 0 aromatic carbocycles. The fourth-order valence-corrected chi connectivity index (χ4v) is 7.13. The van der Waals surface area contributed by atoms with Gasteiger partial charge >= 0.3 is 0 Å². The largest absolute Gasteiger partial charge is 0.394 e. The lowest BCUT2D eigenvalue weighted by atomic mass is 9.97. The number of unbranched alkanes of at least 4 members (excludes halogenated alkanes) is 5. The minimum absolute atomic E-state index is 0.240. The Hall–Kier alpha value is -3.09. The molecule has 0 spiro atoms. The van der Waals surface area contributed by atoms with Crippen LogP contribution in [0.25, 0.3) is 0 Å². The number of carbonyl (C=O) groups is 1. The summed E-state index contributed by atoms with van der Waals surface area (Å²) in [7, 11) is 0. The number of allylic oxidation sites excluding steroid dienone is 16. The molecule has 0 saturated carbocycles. The Bertz CT molecular complexity index is 1460. The predicted molar refractivity (Wildman–Crippen MR) is 253 cm³/mol. The third kappa shape index (κ3) is 24.5. The van der Waals surface area contributed by atoms with E-state index in [9.17, 15) is 45.6 Å². The Balaban J connectivity index is 1.70. The molecule has 0 aromatic rings. The van der Waals surface area contributed by atoms with Gasteiger partial charge in [-0.25, -0.2) is 0 Å². The van der Waals surface area contributed by atoms with Crippen molar-refractivity contribution in [1.82, 2.24) is 5.32 Å². The first-order valence-electron chi connectivity index (χ1n) is 24.0. The highest BCUT2D eigenvalue weighted by Crippen LogP contribution is 2.30. The maximum absolute atomic E-state index is 13.0. The number of amides is 1. The van der Waals surface area contributed by atoms with Gasteiger partial charge in [0.05, 0.1) is 32.0 Å². The minimum Gasteiger partial charge on any atom is -0.394 e. The Kier molecular flexibility index (Phi) is 33.0. The Morgan fingerprint density at radius 3 is 1.57 bits per heavy atom. The van der Waals surface area contributed by atoms with Gasteiger partial charge in [-0.05, 0) is 77.0 Å². The van der Waals surface area contributed by atoms with Crippen molar-refractivity contribution in [3.63, 3.8) is 0 Å². The lowest BCUT2D eigenvalue weighted by Crippen LogP contribution is -2.65. The first-order valence-corrected chi connectivity index (χ1v) is 24.0. The summed E-state index contributed by atoms with van der Waals surface area (Å²) in [5.41, 5.74) is 0. The number of hydrogen-bond acceptors (Lipinski definition) is 13. The molecule has 0 aromatic heterocycles. The standard InChI is InChI=1S/C51H83NO13/c1-3-5-7-9-10-11-12-13-14-15-16-17-18-19-20-21-22-23-24-25-26-27-28-29-30-31-33-35-43(56)52-39(40(55)34-32-8-6-4-2)38-62-50-48(61)46(59)49(42(37-54)64-50)65-51-47(60)45(58)44(57)41(36-53)63-51/h5,7,10-11,13-14,16-17,19-20,22-23,25-26,28-29,39-42,44-51,53-55,57-61H,3-4,6,8-9,12,15,18,21,24,27,30-38H2,1-2H3,(H,52,56)/b7-5-,11-10-,14-13-,17-16-,20-19-,23-22-,26-25-,29-28-. The molecule has 2 aliphatic rings. The molecule has 2 saturated heterocycles. The average Bonchev–Trinajstić information content (AvgIpc) is 3.30. The number of aliphatic hydroxyl groups is 8. The van der Waals surface area contributed by atoms with Gasteiger partial charge in [0.1, 0.15) is 48.8 Å². The average molecular weight is 918 g/mol. The monoisotopic (exact) mass is 918 g/mol. The highest BCUT2D eigenvalue weighted by atomic mass is 16.7. The maximum Gasteiger partial charge on any atom is 0.220 e. The Labute approximate surface area is 388 Å². The van der Waals surface area contributed by atoms with Gasteiger partial charge in [-0.3, -0.25) is 4.79 Å². The van der Waals surface area contributed by atoms with E-state index in [4.69, 9.17) is 18.9 Å². The molecule has 0 bridgehead atoms. The molecule has 2 heterocycles. The van der Waals surface area contributed by atoms with E-state index >= 15 is 0 Å². The van der Waals surface area contributed by atoms with Crippen LogP contribution in [0.15, 0.2) is 97.2 Å². The first kappa shape index (κ1) is 58.0. The van der Waals surface area contributed by atoms with Gasteiger partial charge in [-0.1, -0.05) is 137 Å². The second-order valence-electron chi connectivity index (χ2n) is 16.5. The second-order valence-corrected chi connectivity index (χ2v) is 16.5. The Morgan fingerprint density at radius 1 is 0.569 bits per heavy atom. The highest BCUT2D eigenvalue weighted by Gasteiger charge is 2.51. The van der Waals surface area contributed by atoms with Gasteiger partial charge < -0.3 is 65.1 Å². The molecular formula is C51H83NO13. The van der Waals surface area contributed by atoms with E-state index in [1.54, 1.807) is 0 Å². The fourth-order valence-electron chi connectivity index (χ4n) is 7.13. The lowest BCUT2D eigenvalue weighted by Gasteiger charge is -2.46. The molecule has 0 radical (unpaired) electrons. The second kappa shape index (κ2) is 37.0. The SMILES string of the molecule is CC/C=C\C/C=C\C/C=C\C/C=C\C/C=C\C/C=C\C/C=C\C/C=C\CCCCC(=O)NC(COC1OC(CO)C(OC2OC(CO)C(O)C(O)C2O)C(O)C1O)C(O)CCCCCC. The summed E-state index contributed by atoms with van der Waals surface area (Å²) >= 11 is 0. The van der Waals surface area contributed by atoms with Crippen LogP contribution in [-0.2, 0) is 23.7 Å². The van der Waals surface area contributed by atoms with E-state index in [-0.39, 0.29) is 18.9 Å². The first-order chi connectivity index (χ1) is 31.6. The maximum atomic E-state index is 13.0. The van der Waals surface area contributed by atoms with Crippen molar-refractivity contribution in [3.05, 3.63) is 97.2 Å². The van der Waals surface area contributed by atoms with E-state index in [0.29, 0.717) is 12.8 Å². The summed E-state index contributed by atoms with van der Waals surface area (Å²) in [6.45, 7) is 2.53. The van der Waals surface area contributed by atoms with Gasteiger partial charge in [0, 0.05) is 6.42 Å². The molecule has 65 heavy (non-hydrogen) atoms. The number of carbonyl (C=O) groups excluding carboxylic acids is 1. The van der Waals surface area contributed by atoms with Crippen LogP contribution < -0.4 is 5.32 Å². The van der Waals surface area contributed by atoms with E-state index in [0.717, 1.165) is 89.9 Å². The van der Waals surface area contributed by atoms with Crippen LogP contribution in [-0.4, -0.2) is 140 Å². The summed E-state index contributed by atoms with van der Waals surface area (Å²) in [4.78, 5) is 13.0. The van der Waals surface area contributed by atoms with Crippen LogP contribution in [0, 0.1) is 0 Å². The topological polar surface area (TPSA) is 228 Å². The van der Waals surface area contributed by atoms with Gasteiger partial charge in [-0.15, -0.1) is 0 Å². The molecule has 0 aliphatic carbocycles. The number of ether oxygens (including phenoxy) is 4. The molecule has 2 rings (SSSR count). The molecule has 370 valence electrons. The van der Waals surface area contributed by atoms with E-state index in [2.05, 4.69) is 116 Å². The lowest BCUT2D eigenvalue weighted by molar-refractivity contribution is -0.359. The molecule has 2 aliphatic heterocycles. The van der Waals surface area contributed by atoms with Crippen LogP contribution in [0.2, 0.25) is 0 Å². The zero-order chi connectivity index (χ0) is 47.5. The summed E-state index contributed by atoms with van der Waals surface area (Å²) in [6.07, 6.45) is 32.2. The summed E-state index contributed by atoms with van der Waals surface area (Å²) in [5.74, 6) is -0.265. The summed E-state index contributed by atoms with van der Waals surface area (Å²) in [5, 5.41) is 86.1. The summed E-state index contributed by atoms with van der Waals surface area (Å²) in [6, 6.07) is -0.854. The zero-order valence-electron chi connectivity index (χ0n) is 38.9. The number of rotatable bonds is 34. The Morgan fingerprint density at radius 2 is 1.06 bits per heavy atom. The predicted octanol–water partition coefficient (Wildman–Crippen LogP) is 5.59. The smallest absolute Gasteiger partial charge is 0.220 e. The quantitative estimate of drug-likeness (QED) is 0.0284. The van der Waals surface area contributed by atoms with E-state index < -0.39 is 86.8 Å². The molecule has 14 heteroatoms. The van der Waals surface area contributed by atoms with Crippen LogP contribution in [0.4, 0.5) is 0 Å². The van der Waals surface area contributed by atoms with Crippen LogP contribution in [0.5, 0.6) is 0 Å². The van der Waals surface area contributed by atoms with Crippen molar-refractivity contribution in [2.45, 2.75) is 197 Å². The molecule has 1 amide bonds. The van der Waals surface area contributed by atoms with E-state index in [1.165, 1.54) is 0 Å². The van der Waals surface area contributed by atoms with Gasteiger partial charge in [0.25, 0.3) is 0 Å². The van der Waals surface area contributed by atoms with Crippen molar-refractivity contribution in [2.24, 2.45) is 0 Å². The molecule has 12 unspecified atom stereocenters. The molecule has 9 N–H and O–H groups in total. The third-order valence-electron chi connectivity index (χ3n) is 11.1. The third-order valence-corrected chi connectivity index (χ3v) is 11.1. The van der Waals surface area contributed by atoms with Crippen molar-refractivity contribution < 1.29 is 64.6 Å². The van der Waals surface area contributed by atoms with Gasteiger partial charge in [0.2, 0.25) is 5.91 Å². The van der Waals surface area contributed by atoms with Crippen LogP contribution in [0.1, 0.15) is 123 Å². The van der Waals surface area contributed by atoms with Crippen molar-refractivity contribution >= 4 is 5.91 Å². The molecule has 14 nitrogen and oxygen atoms in total. The molecule has 12 atom stereocenters. The molecular weight excluding hydrogens is 835 g/mol.